The van der Waals surface area contributed by atoms with Crippen molar-refractivity contribution in [2.45, 2.75) is 26.2 Å². The topological polar surface area (TPSA) is 95.7 Å². The van der Waals surface area contributed by atoms with Gasteiger partial charge in [0.25, 0.3) is 5.91 Å². The highest BCUT2D eigenvalue weighted by molar-refractivity contribution is 6.31. The molecule has 3 N–H and O–H groups in total. The van der Waals surface area contributed by atoms with Crippen LogP contribution in [0.3, 0.4) is 0 Å². The second-order valence-electron chi connectivity index (χ2n) is 7.30. The smallest absolute Gasteiger partial charge is 0.305 e. The molecule has 0 radical (unpaired) electrons. The maximum absolute atomic E-state index is 13.1. The van der Waals surface area contributed by atoms with E-state index in [-0.39, 0.29) is 11.6 Å². The van der Waals surface area contributed by atoms with Crippen molar-refractivity contribution in [3.63, 3.8) is 0 Å². The van der Waals surface area contributed by atoms with Gasteiger partial charge >= 0.3 is 5.91 Å². The molecule has 1 aliphatic carbocycles. The van der Waals surface area contributed by atoms with Crippen LogP contribution in [0.2, 0.25) is 5.02 Å². The number of amides is 2. The van der Waals surface area contributed by atoms with E-state index in [1.807, 2.05) is 0 Å². The molecule has 0 unspecified atom stereocenters. The number of hydrogen-bond donors (Lipinski definition) is 3. The lowest BCUT2D eigenvalue weighted by Crippen LogP contribution is -2.41. The van der Waals surface area contributed by atoms with Crippen LogP contribution in [0.5, 0.6) is 0 Å². The number of halogens is 2. The number of furan rings is 1. The van der Waals surface area contributed by atoms with Crippen LogP contribution in [0.1, 0.15) is 50.6 Å². The van der Waals surface area contributed by atoms with Gasteiger partial charge < -0.3 is 4.42 Å². The molecule has 0 atom stereocenters. The van der Waals surface area contributed by atoms with E-state index >= 15 is 0 Å². The molecule has 32 heavy (non-hydrogen) atoms. The fraction of sp³-hybridized carbons (Fsp3) is 0.174. The predicted octanol–water partition coefficient (Wildman–Crippen LogP) is 4.61. The van der Waals surface area contributed by atoms with E-state index in [9.17, 15) is 14.0 Å². The molecule has 0 saturated carbocycles. The average molecular weight is 455 g/mol. The lowest BCUT2D eigenvalue weighted by molar-refractivity contribution is 0.0829. The standard InChI is InChI=1S/C23H20ClFN4O3/c1-13-20-18(27-26-17-10-8-16(25)9-11-17)6-3-7-19(20)32-21(13)23(31)29-28-22(30)14-4-2-5-15(24)12-14/h2,4-5,8-12,26H,3,6-7H2,1H3,(H,28,30)(H,29,31)/b27-18+. The Morgan fingerprint density at radius 3 is 2.56 bits per heavy atom. The zero-order valence-corrected chi connectivity index (χ0v) is 17.9. The van der Waals surface area contributed by atoms with E-state index in [1.54, 1.807) is 37.3 Å². The molecule has 0 saturated heterocycles. The van der Waals surface area contributed by atoms with Crippen LogP contribution in [0, 0.1) is 12.7 Å². The molecule has 7 nitrogen and oxygen atoms in total. The van der Waals surface area contributed by atoms with Crippen LogP contribution >= 0.6 is 11.6 Å². The lowest BCUT2D eigenvalue weighted by Gasteiger charge is -2.13. The number of carbonyl (C=O) groups is 2. The maximum atomic E-state index is 13.1. The SMILES string of the molecule is Cc1c(C(=O)NNC(=O)c2cccc(Cl)c2)oc2c1/C(=N/Nc1ccc(F)cc1)CCC2. The monoisotopic (exact) mass is 454 g/mol. The number of rotatable bonds is 4. The minimum atomic E-state index is -0.571. The van der Waals surface area contributed by atoms with Crippen molar-refractivity contribution in [3.05, 3.63) is 87.6 Å². The summed E-state index contributed by atoms with van der Waals surface area (Å²) in [5.74, 6) is -0.622. The zero-order valence-electron chi connectivity index (χ0n) is 17.2. The first kappa shape index (κ1) is 21.6. The molecule has 164 valence electrons. The number of aryl methyl sites for hydroxylation is 1. The van der Waals surface area contributed by atoms with Crippen molar-refractivity contribution in [1.82, 2.24) is 10.9 Å². The highest BCUT2D eigenvalue weighted by Crippen LogP contribution is 2.30. The second kappa shape index (κ2) is 9.23. The summed E-state index contributed by atoms with van der Waals surface area (Å²) in [7, 11) is 0. The fourth-order valence-corrected chi connectivity index (χ4v) is 3.72. The number of hydrazone groups is 1. The van der Waals surface area contributed by atoms with Crippen LogP contribution in [-0.4, -0.2) is 17.5 Å². The summed E-state index contributed by atoms with van der Waals surface area (Å²) < 4.78 is 18.9. The third-order valence-corrected chi connectivity index (χ3v) is 5.31. The first-order valence-electron chi connectivity index (χ1n) is 9.99. The van der Waals surface area contributed by atoms with Gasteiger partial charge in [0.05, 0.1) is 11.4 Å². The van der Waals surface area contributed by atoms with Crippen molar-refractivity contribution in [3.8, 4) is 0 Å². The first-order valence-corrected chi connectivity index (χ1v) is 10.4. The van der Waals surface area contributed by atoms with Gasteiger partial charge in [-0.1, -0.05) is 17.7 Å². The van der Waals surface area contributed by atoms with Gasteiger partial charge in [0.1, 0.15) is 11.6 Å². The van der Waals surface area contributed by atoms with Crippen LogP contribution in [-0.2, 0) is 6.42 Å². The van der Waals surface area contributed by atoms with Crippen molar-refractivity contribution < 1.29 is 18.4 Å². The molecule has 0 fully saturated rings. The van der Waals surface area contributed by atoms with Crippen molar-refractivity contribution in [2.75, 3.05) is 5.43 Å². The molecule has 4 rings (SSSR count). The zero-order chi connectivity index (χ0) is 22.7. The number of carbonyl (C=O) groups excluding carboxylic acids is 2. The van der Waals surface area contributed by atoms with Crippen LogP contribution in [0.15, 0.2) is 58.0 Å². The number of hydrazine groups is 1. The quantitative estimate of drug-likeness (QED) is 0.502. The van der Waals surface area contributed by atoms with Gasteiger partial charge in [-0.25, -0.2) is 4.39 Å². The van der Waals surface area contributed by atoms with E-state index in [0.717, 1.165) is 17.7 Å². The van der Waals surface area contributed by atoms with Crippen LogP contribution in [0.25, 0.3) is 0 Å². The summed E-state index contributed by atoms with van der Waals surface area (Å²) in [5, 5.41) is 4.87. The summed E-state index contributed by atoms with van der Waals surface area (Å²) in [6.07, 6.45) is 2.19. The molecule has 1 heterocycles. The number of nitrogens with one attached hydrogen (secondary N) is 3. The highest BCUT2D eigenvalue weighted by Gasteiger charge is 2.28. The number of benzene rings is 2. The van der Waals surface area contributed by atoms with Gasteiger partial charge in [0.15, 0.2) is 5.76 Å². The number of anilines is 1. The number of hydrogen-bond acceptors (Lipinski definition) is 5. The third-order valence-electron chi connectivity index (χ3n) is 5.07. The van der Waals surface area contributed by atoms with Crippen LogP contribution in [0.4, 0.5) is 10.1 Å². The molecule has 2 aromatic carbocycles. The van der Waals surface area contributed by atoms with E-state index in [2.05, 4.69) is 21.4 Å². The average Bonchev–Trinajstić information content (AvgIpc) is 3.14. The highest BCUT2D eigenvalue weighted by atomic mass is 35.5. The van der Waals surface area contributed by atoms with Crippen LogP contribution < -0.4 is 16.3 Å². The number of nitrogens with zero attached hydrogens (tertiary/aromatic N) is 1. The molecule has 3 aromatic rings. The molecular formula is C23H20ClFN4O3. The molecule has 0 spiro atoms. The van der Waals surface area contributed by atoms with Gasteiger partial charge in [0.2, 0.25) is 0 Å². The van der Waals surface area contributed by atoms with Crippen molar-refractivity contribution >= 4 is 34.8 Å². The minimum Gasteiger partial charge on any atom is -0.455 e. The Kier molecular flexibility index (Phi) is 6.23. The largest absolute Gasteiger partial charge is 0.455 e. The van der Waals surface area contributed by atoms with Gasteiger partial charge in [-0.2, -0.15) is 5.10 Å². The predicted molar refractivity (Wildman–Crippen MR) is 119 cm³/mol. The van der Waals surface area contributed by atoms with E-state index in [1.165, 1.54) is 18.2 Å². The second-order valence-corrected chi connectivity index (χ2v) is 7.74. The lowest BCUT2D eigenvalue weighted by atomic mass is 9.93. The van der Waals surface area contributed by atoms with Crippen molar-refractivity contribution in [2.24, 2.45) is 5.10 Å². The fourth-order valence-electron chi connectivity index (χ4n) is 3.53. The van der Waals surface area contributed by atoms with E-state index in [4.69, 9.17) is 16.0 Å². The Balaban J connectivity index is 1.49. The van der Waals surface area contributed by atoms with Crippen molar-refractivity contribution in [1.29, 1.82) is 0 Å². The molecule has 0 bridgehead atoms. The third kappa shape index (κ3) is 4.65. The van der Waals surface area contributed by atoms with E-state index in [0.29, 0.717) is 40.4 Å². The Morgan fingerprint density at radius 2 is 1.81 bits per heavy atom. The Bertz CT molecular complexity index is 1200. The summed E-state index contributed by atoms with van der Waals surface area (Å²) in [4.78, 5) is 24.9. The van der Waals surface area contributed by atoms with Gasteiger partial charge in [-0.15, -0.1) is 0 Å². The summed E-state index contributed by atoms with van der Waals surface area (Å²) in [6, 6.07) is 12.2. The van der Waals surface area contributed by atoms with Gasteiger partial charge in [0, 0.05) is 28.1 Å². The van der Waals surface area contributed by atoms with Gasteiger partial charge in [-0.3, -0.25) is 25.9 Å². The molecule has 1 aliphatic rings. The molecule has 1 aromatic heterocycles. The normalized spacial score (nSPS) is 14.0. The Morgan fingerprint density at radius 1 is 1.06 bits per heavy atom. The maximum Gasteiger partial charge on any atom is 0.305 e. The summed E-state index contributed by atoms with van der Waals surface area (Å²) in [5.41, 5.74) is 10.8. The van der Waals surface area contributed by atoms with Gasteiger partial charge in [-0.05, 0) is 62.2 Å². The molecule has 0 aliphatic heterocycles. The Hall–Kier alpha value is -3.65. The first-order chi connectivity index (χ1) is 15.4. The molecular weight excluding hydrogens is 435 g/mol. The number of fused-ring (bicyclic) bond motifs is 1. The summed E-state index contributed by atoms with van der Waals surface area (Å²) >= 11 is 5.90. The minimum absolute atomic E-state index is 0.109. The molecule has 9 heteroatoms. The van der Waals surface area contributed by atoms with E-state index < -0.39 is 11.8 Å². The summed E-state index contributed by atoms with van der Waals surface area (Å²) in [6.45, 7) is 1.77. The Labute approximate surface area is 188 Å². The molecule has 2 amide bonds.